The van der Waals surface area contributed by atoms with Gasteiger partial charge in [-0.1, -0.05) is 23.7 Å². The summed E-state index contributed by atoms with van der Waals surface area (Å²) in [6.45, 7) is 1.20. The SMILES string of the molecule is COCCNC(=O)CCNC(=O)c1ccccc1Cl. The molecule has 0 saturated heterocycles. The average Bonchev–Trinajstić information content (AvgIpc) is 2.39. The minimum Gasteiger partial charge on any atom is -0.383 e. The number of carbonyl (C=O) groups excluding carboxylic acids is 2. The molecule has 0 aromatic heterocycles. The van der Waals surface area contributed by atoms with E-state index < -0.39 is 0 Å². The Morgan fingerprint density at radius 3 is 2.63 bits per heavy atom. The van der Waals surface area contributed by atoms with Gasteiger partial charge in [-0.25, -0.2) is 0 Å². The number of benzene rings is 1. The maximum Gasteiger partial charge on any atom is 0.252 e. The maximum absolute atomic E-state index is 11.8. The van der Waals surface area contributed by atoms with Crippen LogP contribution in [0.25, 0.3) is 0 Å². The van der Waals surface area contributed by atoms with Gasteiger partial charge in [0.25, 0.3) is 5.91 Å². The van der Waals surface area contributed by atoms with Crippen LogP contribution in [0.3, 0.4) is 0 Å². The third kappa shape index (κ3) is 5.72. The quantitative estimate of drug-likeness (QED) is 0.740. The van der Waals surface area contributed by atoms with Gasteiger partial charge in [-0.3, -0.25) is 9.59 Å². The molecule has 1 aromatic rings. The third-order valence-electron chi connectivity index (χ3n) is 2.38. The van der Waals surface area contributed by atoms with Crippen LogP contribution in [0.15, 0.2) is 24.3 Å². The molecule has 104 valence electrons. The number of hydrogen-bond donors (Lipinski definition) is 2. The van der Waals surface area contributed by atoms with Crippen LogP contribution in [0.2, 0.25) is 5.02 Å². The van der Waals surface area contributed by atoms with E-state index in [0.717, 1.165) is 0 Å². The molecule has 0 spiro atoms. The second kappa shape index (κ2) is 8.50. The number of halogens is 1. The molecule has 0 unspecified atom stereocenters. The summed E-state index contributed by atoms with van der Waals surface area (Å²) in [6, 6.07) is 6.77. The zero-order chi connectivity index (χ0) is 14.1. The minimum atomic E-state index is -0.282. The Morgan fingerprint density at radius 1 is 1.21 bits per heavy atom. The molecule has 19 heavy (non-hydrogen) atoms. The molecule has 6 heteroatoms. The first kappa shape index (κ1) is 15.5. The Bertz CT molecular complexity index is 438. The molecule has 2 amide bonds. The molecule has 1 aromatic carbocycles. The van der Waals surface area contributed by atoms with Crippen LogP contribution in [0.5, 0.6) is 0 Å². The first-order valence-electron chi connectivity index (χ1n) is 5.93. The van der Waals surface area contributed by atoms with Gasteiger partial charge in [0.05, 0.1) is 17.2 Å². The fourth-order valence-electron chi connectivity index (χ4n) is 1.41. The molecular formula is C13H17ClN2O3. The monoisotopic (exact) mass is 284 g/mol. The lowest BCUT2D eigenvalue weighted by Gasteiger charge is -2.07. The van der Waals surface area contributed by atoms with E-state index in [-0.39, 0.29) is 24.8 Å². The van der Waals surface area contributed by atoms with Crippen LogP contribution in [0, 0.1) is 0 Å². The van der Waals surface area contributed by atoms with E-state index in [1.165, 1.54) is 0 Å². The fourth-order valence-corrected chi connectivity index (χ4v) is 1.63. The molecule has 0 aliphatic carbocycles. The van der Waals surface area contributed by atoms with Crippen molar-refractivity contribution in [3.8, 4) is 0 Å². The highest BCUT2D eigenvalue weighted by Crippen LogP contribution is 2.14. The molecule has 0 heterocycles. The molecule has 1 rings (SSSR count). The Morgan fingerprint density at radius 2 is 1.95 bits per heavy atom. The first-order chi connectivity index (χ1) is 9.15. The summed E-state index contributed by atoms with van der Waals surface area (Å²) in [5, 5.41) is 5.71. The lowest BCUT2D eigenvalue weighted by atomic mass is 10.2. The highest BCUT2D eigenvalue weighted by Gasteiger charge is 2.09. The topological polar surface area (TPSA) is 67.4 Å². The zero-order valence-corrected chi connectivity index (χ0v) is 11.5. The van der Waals surface area contributed by atoms with Crippen molar-refractivity contribution in [2.45, 2.75) is 6.42 Å². The van der Waals surface area contributed by atoms with Gasteiger partial charge in [0.15, 0.2) is 0 Å². The highest BCUT2D eigenvalue weighted by molar-refractivity contribution is 6.33. The van der Waals surface area contributed by atoms with Crippen molar-refractivity contribution in [3.05, 3.63) is 34.9 Å². The first-order valence-corrected chi connectivity index (χ1v) is 6.31. The molecule has 0 saturated carbocycles. The summed E-state index contributed by atoms with van der Waals surface area (Å²) in [4.78, 5) is 23.1. The molecule has 0 aliphatic heterocycles. The largest absolute Gasteiger partial charge is 0.383 e. The van der Waals surface area contributed by atoms with Crippen LogP contribution in [-0.2, 0) is 9.53 Å². The van der Waals surface area contributed by atoms with Gasteiger partial charge < -0.3 is 15.4 Å². The van der Waals surface area contributed by atoms with Crippen LogP contribution in [-0.4, -0.2) is 38.6 Å². The molecule has 0 fully saturated rings. The van der Waals surface area contributed by atoms with E-state index in [0.29, 0.717) is 23.7 Å². The predicted molar refractivity (Wildman–Crippen MR) is 73.3 cm³/mol. The Balaban J connectivity index is 2.28. The summed E-state index contributed by atoms with van der Waals surface area (Å²) in [6.07, 6.45) is 0.222. The van der Waals surface area contributed by atoms with Crippen LogP contribution < -0.4 is 10.6 Å². The summed E-state index contributed by atoms with van der Waals surface area (Å²) >= 11 is 5.89. The summed E-state index contributed by atoms with van der Waals surface area (Å²) < 4.78 is 4.81. The van der Waals surface area contributed by atoms with Crippen molar-refractivity contribution in [2.75, 3.05) is 26.8 Å². The molecule has 0 atom stereocenters. The van der Waals surface area contributed by atoms with E-state index >= 15 is 0 Å². The number of amides is 2. The second-order valence-corrected chi connectivity index (χ2v) is 4.24. The molecule has 0 radical (unpaired) electrons. The molecule has 5 nitrogen and oxygen atoms in total. The number of hydrogen-bond acceptors (Lipinski definition) is 3. The molecule has 0 bridgehead atoms. The van der Waals surface area contributed by atoms with Crippen molar-refractivity contribution in [1.29, 1.82) is 0 Å². The van der Waals surface area contributed by atoms with Gasteiger partial charge in [0.1, 0.15) is 0 Å². The van der Waals surface area contributed by atoms with E-state index in [9.17, 15) is 9.59 Å². The number of rotatable bonds is 7. The van der Waals surface area contributed by atoms with E-state index in [1.807, 2.05) is 0 Å². The average molecular weight is 285 g/mol. The minimum absolute atomic E-state index is 0.128. The lowest BCUT2D eigenvalue weighted by molar-refractivity contribution is -0.121. The van der Waals surface area contributed by atoms with Crippen molar-refractivity contribution >= 4 is 23.4 Å². The predicted octanol–water partition coefficient (Wildman–Crippen LogP) is 1.22. The van der Waals surface area contributed by atoms with Crippen LogP contribution >= 0.6 is 11.6 Å². The lowest BCUT2D eigenvalue weighted by Crippen LogP contribution is -2.32. The van der Waals surface area contributed by atoms with Gasteiger partial charge in [-0.2, -0.15) is 0 Å². The summed E-state index contributed by atoms with van der Waals surface area (Å²) in [5.41, 5.74) is 0.406. The highest BCUT2D eigenvalue weighted by atomic mass is 35.5. The van der Waals surface area contributed by atoms with Gasteiger partial charge in [-0.05, 0) is 12.1 Å². The number of nitrogens with one attached hydrogen (secondary N) is 2. The van der Waals surface area contributed by atoms with Crippen molar-refractivity contribution in [3.63, 3.8) is 0 Å². The molecule has 0 aliphatic rings. The summed E-state index contributed by atoms with van der Waals surface area (Å²) in [7, 11) is 1.57. The molecule has 2 N–H and O–H groups in total. The Kier molecular flexibility index (Phi) is 6.92. The van der Waals surface area contributed by atoms with E-state index in [4.69, 9.17) is 16.3 Å². The normalized spacial score (nSPS) is 10.0. The second-order valence-electron chi connectivity index (χ2n) is 3.83. The number of ether oxygens (including phenoxy) is 1. The van der Waals surface area contributed by atoms with Crippen molar-refractivity contribution < 1.29 is 14.3 Å². The van der Waals surface area contributed by atoms with Crippen molar-refractivity contribution in [2.24, 2.45) is 0 Å². The van der Waals surface area contributed by atoms with Gasteiger partial charge in [0, 0.05) is 26.6 Å². The number of methoxy groups -OCH3 is 1. The van der Waals surface area contributed by atoms with Crippen LogP contribution in [0.1, 0.15) is 16.8 Å². The van der Waals surface area contributed by atoms with E-state index in [1.54, 1.807) is 31.4 Å². The van der Waals surface area contributed by atoms with Gasteiger partial charge in [0.2, 0.25) is 5.91 Å². The molecular weight excluding hydrogens is 268 g/mol. The van der Waals surface area contributed by atoms with Gasteiger partial charge in [-0.15, -0.1) is 0 Å². The smallest absolute Gasteiger partial charge is 0.252 e. The number of carbonyl (C=O) groups is 2. The van der Waals surface area contributed by atoms with Crippen LogP contribution in [0.4, 0.5) is 0 Å². The third-order valence-corrected chi connectivity index (χ3v) is 2.71. The Hall–Kier alpha value is -1.59. The zero-order valence-electron chi connectivity index (χ0n) is 10.7. The van der Waals surface area contributed by atoms with E-state index in [2.05, 4.69) is 10.6 Å². The Labute approximate surface area is 117 Å². The standard InChI is InChI=1S/C13H17ClN2O3/c1-19-9-8-15-12(17)6-7-16-13(18)10-4-2-3-5-11(10)14/h2-5H,6-9H2,1H3,(H,15,17)(H,16,18). The van der Waals surface area contributed by atoms with Gasteiger partial charge >= 0.3 is 0 Å². The fraction of sp³-hybridized carbons (Fsp3) is 0.385. The maximum atomic E-state index is 11.8. The van der Waals surface area contributed by atoms with Crippen molar-refractivity contribution in [1.82, 2.24) is 10.6 Å². The summed E-state index contributed by atoms with van der Waals surface area (Å²) in [5.74, 6) is -0.410.